The van der Waals surface area contributed by atoms with E-state index in [1.165, 1.54) is 19.2 Å². The smallest absolute Gasteiger partial charge is 0.330 e. The third kappa shape index (κ3) is 8.03. The number of rotatable bonds is 6. The second kappa shape index (κ2) is 16.1. The first-order valence-electron chi connectivity index (χ1n) is 19.0. The number of halogens is 2. The van der Waals surface area contributed by atoms with Crippen LogP contribution in [0.2, 0.25) is 10.0 Å². The van der Waals surface area contributed by atoms with E-state index in [4.69, 9.17) is 32.7 Å². The van der Waals surface area contributed by atoms with Gasteiger partial charge in [0.05, 0.1) is 34.9 Å². The molecule has 3 saturated heterocycles. The molecule has 8 N–H and O–H groups in total. The number of hydrogen-bond donors (Lipinski definition) is 8. The Labute approximate surface area is 343 Å². The normalized spacial score (nSPS) is 32.2. The molecule has 5 aliphatic rings. The van der Waals surface area contributed by atoms with Crippen LogP contribution in [-0.2, 0) is 48.6 Å². The Hall–Kier alpha value is -4.27. The lowest BCUT2D eigenvalue weighted by Crippen LogP contribution is -2.66. The van der Waals surface area contributed by atoms with Crippen LogP contribution in [0, 0.1) is 10.8 Å². The molecule has 21 heteroatoms. The second-order valence-corrected chi connectivity index (χ2v) is 17.7. The zero-order valence-corrected chi connectivity index (χ0v) is 34.1. The van der Waals surface area contributed by atoms with Gasteiger partial charge in [-0.1, -0.05) is 57.0 Å². The Kier molecular flexibility index (Phi) is 12.0. The van der Waals surface area contributed by atoms with Gasteiger partial charge in [0.2, 0.25) is 23.6 Å². The van der Waals surface area contributed by atoms with E-state index >= 15 is 0 Å². The number of cyclic esters (lactones) is 1. The van der Waals surface area contributed by atoms with E-state index in [9.17, 15) is 48.9 Å². The lowest BCUT2D eigenvalue weighted by molar-refractivity contribution is -0.176. The summed E-state index contributed by atoms with van der Waals surface area (Å²) in [5.41, 5.74) is -0.720. The monoisotopic (exact) mass is 853 g/mol. The Morgan fingerprint density at radius 3 is 2.29 bits per heavy atom. The first kappa shape index (κ1) is 43.3. The summed E-state index contributed by atoms with van der Waals surface area (Å²) in [5.74, 6) is -7.29. The van der Waals surface area contributed by atoms with Crippen LogP contribution < -0.4 is 26.7 Å². The van der Waals surface area contributed by atoms with E-state index in [0.717, 1.165) is 9.91 Å². The third-order valence-electron chi connectivity index (χ3n) is 11.6. The van der Waals surface area contributed by atoms with Gasteiger partial charge >= 0.3 is 11.9 Å². The molecule has 4 aliphatic heterocycles. The van der Waals surface area contributed by atoms with Gasteiger partial charge < -0.3 is 51.0 Å². The summed E-state index contributed by atoms with van der Waals surface area (Å²) in [6.45, 7) is 6.55. The van der Waals surface area contributed by atoms with Crippen molar-refractivity contribution in [3.63, 3.8) is 0 Å². The maximum absolute atomic E-state index is 14.9. The number of esters is 1. The van der Waals surface area contributed by atoms with Crippen molar-refractivity contribution in [1.82, 2.24) is 31.3 Å². The van der Waals surface area contributed by atoms with E-state index in [2.05, 4.69) is 26.7 Å². The van der Waals surface area contributed by atoms with Crippen molar-refractivity contribution in [3.8, 4) is 0 Å². The number of hydrogen-bond acceptors (Lipinski definition) is 13. The van der Waals surface area contributed by atoms with Crippen LogP contribution in [0.25, 0.3) is 0 Å². The predicted octanol–water partition coefficient (Wildman–Crippen LogP) is -0.263. The average Bonchev–Trinajstić information content (AvgIpc) is 3.73. The number of aliphatic hydroxyl groups is 2. The number of anilines is 1. The molecule has 1 aromatic rings. The topological polar surface area (TPSA) is 265 Å². The molecule has 0 unspecified atom stereocenters. The number of amides is 5. The van der Waals surface area contributed by atoms with Crippen molar-refractivity contribution in [2.75, 3.05) is 25.6 Å². The van der Waals surface area contributed by atoms with Gasteiger partial charge in [-0.15, -0.1) is 0 Å². The van der Waals surface area contributed by atoms with Crippen LogP contribution in [0.15, 0.2) is 12.1 Å². The highest BCUT2D eigenvalue weighted by Crippen LogP contribution is 2.53. The number of hydrazine groups is 1. The van der Waals surface area contributed by atoms with E-state index in [1.807, 2.05) is 0 Å². The number of nitrogens with zero attached hydrogens (tertiary/aromatic N) is 2. The van der Waals surface area contributed by atoms with Crippen LogP contribution in [0.3, 0.4) is 0 Å². The molecule has 0 spiro atoms. The van der Waals surface area contributed by atoms with Crippen molar-refractivity contribution >= 4 is 70.4 Å². The van der Waals surface area contributed by atoms with Gasteiger partial charge in [-0.2, -0.15) is 0 Å². The first-order chi connectivity index (χ1) is 27.1. The highest BCUT2D eigenvalue weighted by molar-refractivity contribution is 6.44. The highest BCUT2D eigenvalue weighted by atomic mass is 35.5. The van der Waals surface area contributed by atoms with Gasteiger partial charge in [-0.05, 0) is 37.2 Å². The number of carbonyl (C=O) groups is 7. The first-order valence-corrected chi connectivity index (χ1v) is 19.7. The molecule has 9 atom stereocenters. The van der Waals surface area contributed by atoms with Crippen molar-refractivity contribution in [1.29, 1.82) is 0 Å². The molecule has 0 bridgehead atoms. The van der Waals surface area contributed by atoms with Crippen LogP contribution in [-0.4, -0.2) is 136 Å². The number of benzene rings is 1. The largest absolute Gasteiger partial charge is 0.481 e. The standard InChI is InChI=1S/C37H49Cl2N7O12/c1-35(2,3)27-32(54)46-19(7-6-12-40-46)29(51)41-18(15-57-5)28(50)42-25(21(47)13-22(48)49)31(53)45-20(30(52)44-26(33(55)58-27)36(4)10-11-36)14-37(56)16-8-9-17(38)23(39)24(16)43-34(37)45/h8-9,18-21,25-27,34,40,43,47,56H,6-7,10-15H2,1-5H3,(H,41,51)(H,42,50)(H,44,52)(H,48,49)/t18-,19+,20+,21-,25+,26+,27-,34+,37-/m1/s1. The Morgan fingerprint density at radius 1 is 1.00 bits per heavy atom. The van der Waals surface area contributed by atoms with Gasteiger partial charge in [0.15, 0.2) is 6.10 Å². The number of nitrogens with one attached hydrogen (secondary N) is 5. The summed E-state index contributed by atoms with van der Waals surface area (Å²) < 4.78 is 11.2. The van der Waals surface area contributed by atoms with Crippen molar-refractivity contribution in [3.05, 3.63) is 27.7 Å². The molecule has 318 valence electrons. The van der Waals surface area contributed by atoms with Gasteiger partial charge in [0.25, 0.3) is 5.91 Å². The number of aliphatic carboxylic acids is 1. The van der Waals surface area contributed by atoms with Crippen LogP contribution in [0.4, 0.5) is 5.69 Å². The molecular weight excluding hydrogens is 805 g/mol. The number of fused-ring (bicyclic) bond motifs is 6. The summed E-state index contributed by atoms with van der Waals surface area (Å²) in [6, 6.07) is -5.01. The van der Waals surface area contributed by atoms with Crippen molar-refractivity contribution < 1.29 is 58.4 Å². The zero-order chi connectivity index (χ0) is 42.6. The number of methoxy groups -OCH3 is 1. The minimum Gasteiger partial charge on any atom is -0.481 e. The summed E-state index contributed by atoms with van der Waals surface area (Å²) >= 11 is 12.8. The number of ether oxygens (including phenoxy) is 2. The molecule has 58 heavy (non-hydrogen) atoms. The number of aliphatic hydroxyl groups excluding tert-OH is 1. The SMILES string of the molecule is COC[C@H]1NC(=O)[C@@H]2CCCNN2C(=O)[C@H](C(C)(C)C)OC(=O)[C@@H](C2(C)CC2)NC(=O)[C@@H]2C[C@@]3(O)c4ccc(Cl)c(Cl)c4N[C@H]3N2C(=O)[C@H]([C@H](O)CC(=O)O)NC1=O. The summed E-state index contributed by atoms with van der Waals surface area (Å²) in [4.78, 5) is 98.9. The number of carboxylic acid groups (broad SMARTS) is 1. The molecule has 0 aromatic heterocycles. The molecule has 19 nitrogen and oxygen atoms in total. The number of carbonyl (C=O) groups excluding carboxylic acids is 6. The molecule has 1 saturated carbocycles. The van der Waals surface area contributed by atoms with Gasteiger partial charge in [0, 0.05) is 31.1 Å². The molecule has 1 aromatic carbocycles. The molecular formula is C37H49Cl2N7O12. The van der Waals surface area contributed by atoms with Crippen molar-refractivity contribution in [2.45, 2.75) is 120 Å². The maximum atomic E-state index is 14.9. The summed E-state index contributed by atoms with van der Waals surface area (Å²) in [6.07, 6.45) is -5.13. The van der Waals surface area contributed by atoms with Crippen LogP contribution >= 0.6 is 23.2 Å². The van der Waals surface area contributed by atoms with Crippen molar-refractivity contribution in [2.24, 2.45) is 10.8 Å². The maximum Gasteiger partial charge on any atom is 0.330 e. The van der Waals surface area contributed by atoms with E-state index < -0.39 is 126 Å². The van der Waals surface area contributed by atoms with Gasteiger partial charge in [-0.25, -0.2) is 10.2 Å². The minimum atomic E-state index is -2.12. The Bertz CT molecular complexity index is 1890. The van der Waals surface area contributed by atoms with E-state index in [1.54, 1.807) is 27.7 Å². The minimum absolute atomic E-state index is 0.00936. The third-order valence-corrected chi connectivity index (χ3v) is 12.4. The molecule has 0 radical (unpaired) electrons. The summed E-state index contributed by atoms with van der Waals surface area (Å²) in [5, 5.41) is 45.0. The van der Waals surface area contributed by atoms with Crippen LogP contribution in [0.1, 0.15) is 71.8 Å². The molecule has 4 heterocycles. The average molecular weight is 855 g/mol. The fraction of sp³-hybridized carbons (Fsp3) is 0.649. The molecule has 4 fully saturated rings. The molecule has 5 amide bonds. The Morgan fingerprint density at radius 2 is 1.67 bits per heavy atom. The quantitative estimate of drug-likeness (QED) is 0.172. The highest BCUT2D eigenvalue weighted by Gasteiger charge is 2.63. The van der Waals surface area contributed by atoms with Crippen LogP contribution in [0.5, 0.6) is 0 Å². The van der Waals surface area contributed by atoms with Gasteiger partial charge in [0.1, 0.15) is 42.0 Å². The Balaban J connectivity index is 1.49. The predicted molar refractivity (Wildman–Crippen MR) is 203 cm³/mol. The molecule has 6 rings (SSSR count). The van der Waals surface area contributed by atoms with E-state index in [0.29, 0.717) is 19.3 Å². The van der Waals surface area contributed by atoms with E-state index in [-0.39, 0.29) is 34.3 Å². The second-order valence-electron chi connectivity index (χ2n) is 16.9. The summed E-state index contributed by atoms with van der Waals surface area (Å²) in [7, 11) is 1.23. The lowest BCUT2D eigenvalue weighted by atomic mass is 9.87. The zero-order valence-electron chi connectivity index (χ0n) is 32.6. The fourth-order valence-corrected chi connectivity index (χ4v) is 8.44. The number of carboxylic acids is 1. The fourth-order valence-electron chi connectivity index (χ4n) is 8.07. The van der Waals surface area contributed by atoms with Gasteiger partial charge in [-0.3, -0.25) is 33.8 Å². The lowest BCUT2D eigenvalue weighted by Gasteiger charge is -2.41. The molecule has 1 aliphatic carbocycles.